The average molecular weight is 387 g/mol. The zero-order chi connectivity index (χ0) is 19.3. The van der Waals surface area contributed by atoms with Crippen molar-refractivity contribution in [2.45, 2.75) is 44.9 Å². The van der Waals surface area contributed by atoms with E-state index in [0.29, 0.717) is 0 Å². The van der Waals surface area contributed by atoms with Gasteiger partial charge in [-0.1, -0.05) is 19.1 Å². The lowest BCUT2D eigenvalue weighted by Gasteiger charge is -2.39. The molecule has 3 heterocycles. The molecule has 28 heavy (non-hydrogen) atoms. The first kappa shape index (κ1) is 19.1. The minimum atomic E-state index is 0.233. The summed E-state index contributed by atoms with van der Waals surface area (Å²) in [4.78, 5) is 4.90. The molecule has 0 bridgehead atoms. The Morgan fingerprint density at radius 1 is 1.21 bits per heavy atom. The van der Waals surface area contributed by atoms with Gasteiger partial charge in [-0.25, -0.2) is 4.68 Å². The van der Waals surface area contributed by atoms with Gasteiger partial charge < -0.3 is 14.4 Å². The summed E-state index contributed by atoms with van der Waals surface area (Å²) in [6.07, 6.45) is 3.44. The quantitative estimate of drug-likeness (QED) is 0.722. The number of aromatic nitrogens is 4. The molecular formula is C20H30N6O2. The van der Waals surface area contributed by atoms with Crippen LogP contribution in [0.1, 0.15) is 38.1 Å². The fraction of sp³-hybridized carbons (Fsp3) is 0.650. The molecule has 4 rings (SSSR count). The summed E-state index contributed by atoms with van der Waals surface area (Å²) in [5, 5.41) is 12.6. The molecule has 0 N–H and O–H groups in total. The number of nitrogens with zero attached hydrogens (tertiary/aromatic N) is 6. The molecule has 2 atom stereocenters. The molecule has 8 heteroatoms. The highest BCUT2D eigenvalue weighted by Gasteiger charge is 2.29. The summed E-state index contributed by atoms with van der Waals surface area (Å²) in [5.74, 6) is 1.90. The summed E-state index contributed by atoms with van der Waals surface area (Å²) in [6, 6.07) is 8.47. The summed E-state index contributed by atoms with van der Waals surface area (Å²) in [5.41, 5.74) is 1.17. The van der Waals surface area contributed by atoms with Crippen molar-refractivity contribution in [3.05, 3.63) is 30.1 Å². The topological polar surface area (TPSA) is 68.5 Å². The van der Waals surface area contributed by atoms with E-state index in [0.717, 1.165) is 70.2 Å². The van der Waals surface area contributed by atoms with Crippen LogP contribution < -0.4 is 9.64 Å². The van der Waals surface area contributed by atoms with Crippen LogP contribution in [-0.4, -0.2) is 71.1 Å². The number of para-hydroxylation sites is 2. The van der Waals surface area contributed by atoms with Crippen LogP contribution in [0.4, 0.5) is 5.69 Å². The molecule has 0 saturated carbocycles. The van der Waals surface area contributed by atoms with Crippen LogP contribution in [0.15, 0.2) is 24.3 Å². The molecular weight excluding hydrogens is 356 g/mol. The van der Waals surface area contributed by atoms with Gasteiger partial charge in [-0.15, -0.1) is 5.10 Å². The van der Waals surface area contributed by atoms with Gasteiger partial charge in [-0.05, 0) is 41.8 Å². The van der Waals surface area contributed by atoms with Crippen LogP contribution in [-0.2, 0) is 11.3 Å². The second-order valence-corrected chi connectivity index (χ2v) is 7.47. The van der Waals surface area contributed by atoms with Gasteiger partial charge in [0.15, 0.2) is 5.82 Å². The van der Waals surface area contributed by atoms with E-state index in [1.165, 1.54) is 5.69 Å². The van der Waals surface area contributed by atoms with E-state index in [4.69, 9.17) is 9.47 Å². The highest BCUT2D eigenvalue weighted by molar-refractivity contribution is 5.58. The molecule has 0 radical (unpaired) electrons. The van der Waals surface area contributed by atoms with Crippen LogP contribution in [0.5, 0.6) is 5.75 Å². The second-order valence-electron chi connectivity index (χ2n) is 7.47. The minimum Gasteiger partial charge on any atom is -0.495 e. The van der Waals surface area contributed by atoms with Crippen LogP contribution in [0.2, 0.25) is 0 Å². The van der Waals surface area contributed by atoms with E-state index >= 15 is 0 Å². The van der Waals surface area contributed by atoms with Gasteiger partial charge >= 0.3 is 0 Å². The van der Waals surface area contributed by atoms with Crippen LogP contribution in [0.25, 0.3) is 0 Å². The highest BCUT2D eigenvalue weighted by Crippen LogP contribution is 2.30. The number of methoxy groups -OCH3 is 1. The van der Waals surface area contributed by atoms with Gasteiger partial charge in [-0.2, -0.15) is 0 Å². The fourth-order valence-electron chi connectivity index (χ4n) is 4.33. The molecule has 1 aromatic carbocycles. The maximum atomic E-state index is 5.78. The van der Waals surface area contributed by atoms with Gasteiger partial charge in [0, 0.05) is 32.8 Å². The highest BCUT2D eigenvalue weighted by atomic mass is 16.5. The summed E-state index contributed by atoms with van der Waals surface area (Å²) in [6.45, 7) is 7.69. The molecule has 8 nitrogen and oxygen atoms in total. The number of tetrazole rings is 1. The van der Waals surface area contributed by atoms with Gasteiger partial charge in [-0.3, -0.25) is 4.90 Å². The molecule has 2 aliphatic rings. The first-order valence-corrected chi connectivity index (χ1v) is 10.3. The largest absolute Gasteiger partial charge is 0.495 e. The van der Waals surface area contributed by atoms with E-state index < -0.39 is 0 Å². The van der Waals surface area contributed by atoms with Crippen molar-refractivity contribution in [2.24, 2.45) is 0 Å². The number of hydrogen-bond donors (Lipinski definition) is 0. The molecule has 2 aromatic rings. The molecule has 2 aliphatic heterocycles. The first-order chi connectivity index (χ1) is 13.8. The summed E-state index contributed by atoms with van der Waals surface area (Å²) >= 11 is 0. The first-order valence-electron chi connectivity index (χ1n) is 10.3. The lowest BCUT2D eigenvalue weighted by atomic mass is 10.1. The van der Waals surface area contributed by atoms with Gasteiger partial charge in [0.05, 0.1) is 31.5 Å². The van der Waals surface area contributed by atoms with Crippen molar-refractivity contribution < 1.29 is 9.47 Å². The second kappa shape index (κ2) is 8.87. The molecule has 0 spiro atoms. The van der Waals surface area contributed by atoms with Crippen LogP contribution in [0.3, 0.4) is 0 Å². The van der Waals surface area contributed by atoms with Gasteiger partial charge in [0.2, 0.25) is 0 Å². The van der Waals surface area contributed by atoms with Crippen molar-refractivity contribution in [1.29, 1.82) is 0 Å². The lowest BCUT2D eigenvalue weighted by molar-refractivity contribution is 0.0894. The zero-order valence-electron chi connectivity index (χ0n) is 16.8. The Hall–Kier alpha value is -2.19. The molecule has 0 unspecified atom stereocenters. The van der Waals surface area contributed by atoms with E-state index in [2.05, 4.69) is 44.4 Å². The Morgan fingerprint density at radius 3 is 2.75 bits per heavy atom. The Labute approximate surface area is 166 Å². The Balaban J connectivity index is 1.42. The predicted octanol–water partition coefficient (Wildman–Crippen LogP) is 2.13. The number of rotatable bonds is 7. The van der Waals surface area contributed by atoms with Crippen LogP contribution >= 0.6 is 0 Å². The smallest absolute Gasteiger partial charge is 0.168 e. The van der Waals surface area contributed by atoms with E-state index in [-0.39, 0.29) is 12.1 Å². The summed E-state index contributed by atoms with van der Waals surface area (Å²) in [7, 11) is 1.73. The SMILES string of the molecule is CC[C@@H](c1nnnn1C[C@H]1CCCO1)N1CCN(c2ccccc2OC)CC1. The predicted molar refractivity (Wildman–Crippen MR) is 107 cm³/mol. The van der Waals surface area contributed by atoms with Gasteiger partial charge in [0.1, 0.15) is 5.75 Å². The molecule has 1 aromatic heterocycles. The third-order valence-corrected chi connectivity index (χ3v) is 5.83. The van der Waals surface area contributed by atoms with Crippen molar-refractivity contribution in [3.63, 3.8) is 0 Å². The molecule has 2 saturated heterocycles. The minimum absolute atomic E-state index is 0.233. The van der Waals surface area contributed by atoms with Gasteiger partial charge in [0.25, 0.3) is 0 Å². The van der Waals surface area contributed by atoms with Crippen molar-refractivity contribution >= 4 is 5.69 Å². The fourth-order valence-corrected chi connectivity index (χ4v) is 4.33. The zero-order valence-corrected chi connectivity index (χ0v) is 16.8. The Morgan fingerprint density at radius 2 is 2.04 bits per heavy atom. The molecule has 0 amide bonds. The number of piperazine rings is 1. The van der Waals surface area contributed by atoms with E-state index in [1.54, 1.807) is 7.11 Å². The molecule has 152 valence electrons. The Kier molecular flexibility index (Phi) is 6.07. The number of ether oxygens (including phenoxy) is 2. The lowest BCUT2D eigenvalue weighted by Crippen LogP contribution is -2.48. The van der Waals surface area contributed by atoms with Crippen molar-refractivity contribution in [2.75, 3.05) is 44.8 Å². The average Bonchev–Trinajstić information content (AvgIpc) is 3.42. The molecule has 0 aliphatic carbocycles. The number of anilines is 1. The monoisotopic (exact) mass is 386 g/mol. The number of benzene rings is 1. The number of hydrogen-bond acceptors (Lipinski definition) is 7. The van der Waals surface area contributed by atoms with Crippen molar-refractivity contribution in [3.8, 4) is 5.75 Å². The summed E-state index contributed by atoms with van der Waals surface area (Å²) < 4.78 is 13.3. The third kappa shape index (κ3) is 3.98. The maximum absolute atomic E-state index is 5.78. The normalized spacial score (nSPS) is 21.8. The van der Waals surface area contributed by atoms with Crippen LogP contribution in [0, 0.1) is 0 Å². The molecule has 2 fully saturated rings. The van der Waals surface area contributed by atoms with Crippen molar-refractivity contribution in [1.82, 2.24) is 25.1 Å². The van der Waals surface area contributed by atoms with E-state index in [9.17, 15) is 0 Å². The maximum Gasteiger partial charge on any atom is 0.168 e. The standard InChI is InChI=1S/C20H30N6O2/c1-3-17(20-21-22-23-26(20)15-16-7-6-14-28-16)24-10-12-25(13-11-24)18-8-4-5-9-19(18)27-2/h4-5,8-9,16-17H,3,6-7,10-15H2,1-2H3/t16-,17+/m1/s1. The van der Waals surface area contributed by atoms with E-state index in [1.807, 2.05) is 16.8 Å². The Bertz CT molecular complexity index is 753. The third-order valence-electron chi connectivity index (χ3n) is 5.83.